The van der Waals surface area contributed by atoms with Gasteiger partial charge in [-0.25, -0.2) is 14.7 Å². The molecule has 0 radical (unpaired) electrons. The van der Waals surface area contributed by atoms with Gasteiger partial charge in [0.05, 0.1) is 12.2 Å². The van der Waals surface area contributed by atoms with E-state index in [1.807, 2.05) is 36.9 Å². The van der Waals surface area contributed by atoms with Crippen LogP contribution in [-0.2, 0) is 11.3 Å². The lowest BCUT2D eigenvalue weighted by atomic mass is 9.93. The highest BCUT2D eigenvalue weighted by Gasteiger charge is 2.23. The third-order valence-corrected chi connectivity index (χ3v) is 5.45. The standard InChI is InChI=1S/C22H33N7O/c1-5-24-22(28-10-8-18(9-11-28)13-21(30)23-4)26-15-19-6-7-20(25-14-19)29-17(3)12-16(2)27-29/h6-7,12,14,18H,5,8-11,13,15H2,1-4H3,(H,23,30)(H,24,26). The number of aromatic nitrogens is 3. The van der Waals surface area contributed by atoms with Crippen LogP contribution in [0.3, 0.4) is 0 Å². The molecule has 0 spiro atoms. The average Bonchev–Trinajstić information content (AvgIpc) is 3.10. The van der Waals surface area contributed by atoms with Crippen molar-refractivity contribution in [1.29, 1.82) is 0 Å². The number of hydrogen-bond donors (Lipinski definition) is 2. The minimum Gasteiger partial charge on any atom is -0.359 e. The molecule has 3 rings (SSSR count). The van der Waals surface area contributed by atoms with Gasteiger partial charge in [-0.05, 0) is 57.2 Å². The number of amides is 1. The van der Waals surface area contributed by atoms with Crippen molar-refractivity contribution < 1.29 is 4.79 Å². The van der Waals surface area contributed by atoms with Crippen LogP contribution in [-0.4, -0.2) is 58.2 Å². The van der Waals surface area contributed by atoms with Crippen molar-refractivity contribution in [3.05, 3.63) is 41.3 Å². The number of carbonyl (C=O) groups excluding carboxylic acids is 1. The third-order valence-electron chi connectivity index (χ3n) is 5.45. The summed E-state index contributed by atoms with van der Waals surface area (Å²) in [5.74, 6) is 2.33. The lowest BCUT2D eigenvalue weighted by molar-refractivity contribution is -0.121. The van der Waals surface area contributed by atoms with Gasteiger partial charge in [-0.3, -0.25) is 4.79 Å². The van der Waals surface area contributed by atoms with Crippen molar-refractivity contribution in [3.63, 3.8) is 0 Å². The Balaban J connectivity index is 1.61. The van der Waals surface area contributed by atoms with E-state index in [0.29, 0.717) is 18.9 Å². The van der Waals surface area contributed by atoms with Gasteiger partial charge >= 0.3 is 0 Å². The van der Waals surface area contributed by atoms with E-state index in [2.05, 4.69) is 38.6 Å². The van der Waals surface area contributed by atoms with Gasteiger partial charge in [-0.1, -0.05) is 6.07 Å². The topological polar surface area (TPSA) is 87.4 Å². The van der Waals surface area contributed by atoms with E-state index >= 15 is 0 Å². The van der Waals surface area contributed by atoms with Gasteiger partial charge in [0.25, 0.3) is 0 Å². The Morgan fingerprint density at radius 3 is 2.60 bits per heavy atom. The van der Waals surface area contributed by atoms with Crippen LogP contribution in [0.1, 0.15) is 43.1 Å². The van der Waals surface area contributed by atoms with E-state index in [-0.39, 0.29) is 5.91 Å². The molecule has 2 aromatic heterocycles. The van der Waals surface area contributed by atoms with Gasteiger partial charge in [-0.2, -0.15) is 5.10 Å². The number of likely N-dealkylation sites (tertiary alicyclic amines) is 1. The van der Waals surface area contributed by atoms with Crippen molar-refractivity contribution in [3.8, 4) is 5.82 Å². The van der Waals surface area contributed by atoms with E-state index in [0.717, 1.165) is 61.2 Å². The summed E-state index contributed by atoms with van der Waals surface area (Å²) >= 11 is 0. The number of piperidine rings is 1. The molecule has 1 saturated heterocycles. The van der Waals surface area contributed by atoms with Gasteiger partial charge < -0.3 is 15.5 Å². The molecular weight excluding hydrogens is 378 g/mol. The van der Waals surface area contributed by atoms with Crippen LogP contribution >= 0.6 is 0 Å². The summed E-state index contributed by atoms with van der Waals surface area (Å²) in [5, 5.41) is 10.6. The van der Waals surface area contributed by atoms with Crippen molar-refractivity contribution >= 4 is 11.9 Å². The fourth-order valence-corrected chi connectivity index (χ4v) is 3.80. The van der Waals surface area contributed by atoms with Crippen molar-refractivity contribution in [2.45, 2.75) is 46.6 Å². The molecule has 8 nitrogen and oxygen atoms in total. The second kappa shape index (κ2) is 10.2. The maximum absolute atomic E-state index is 11.6. The summed E-state index contributed by atoms with van der Waals surface area (Å²) in [6, 6.07) is 6.09. The molecule has 162 valence electrons. The number of aryl methyl sites for hydroxylation is 2. The Kier molecular flexibility index (Phi) is 7.43. The van der Waals surface area contributed by atoms with Crippen molar-refractivity contribution in [2.75, 3.05) is 26.7 Å². The molecule has 0 atom stereocenters. The quantitative estimate of drug-likeness (QED) is 0.562. The van der Waals surface area contributed by atoms with Crippen LogP contribution < -0.4 is 10.6 Å². The van der Waals surface area contributed by atoms with E-state index in [1.54, 1.807) is 7.05 Å². The van der Waals surface area contributed by atoms with E-state index < -0.39 is 0 Å². The maximum Gasteiger partial charge on any atom is 0.220 e. The number of hydrogen-bond acceptors (Lipinski definition) is 4. The number of nitrogens with zero attached hydrogens (tertiary/aromatic N) is 5. The number of pyridine rings is 1. The monoisotopic (exact) mass is 411 g/mol. The Bertz CT molecular complexity index is 864. The van der Waals surface area contributed by atoms with Crippen LogP contribution in [0.4, 0.5) is 0 Å². The minimum absolute atomic E-state index is 0.130. The Morgan fingerprint density at radius 1 is 1.27 bits per heavy atom. The second-order valence-electron chi connectivity index (χ2n) is 7.84. The van der Waals surface area contributed by atoms with Gasteiger partial charge in [-0.15, -0.1) is 0 Å². The van der Waals surface area contributed by atoms with Gasteiger partial charge in [0, 0.05) is 45.0 Å². The van der Waals surface area contributed by atoms with Gasteiger partial charge in [0.15, 0.2) is 11.8 Å². The molecule has 0 saturated carbocycles. The first-order valence-corrected chi connectivity index (χ1v) is 10.7. The predicted octanol–water partition coefficient (Wildman–Crippen LogP) is 2.20. The SMILES string of the molecule is CCNC(=NCc1ccc(-n2nc(C)cc2C)nc1)N1CCC(CC(=O)NC)CC1. The zero-order valence-corrected chi connectivity index (χ0v) is 18.5. The summed E-state index contributed by atoms with van der Waals surface area (Å²) in [6.45, 7) is 9.33. The molecule has 1 aliphatic rings. The van der Waals surface area contributed by atoms with E-state index in [9.17, 15) is 4.79 Å². The molecule has 0 bridgehead atoms. The normalized spacial score (nSPS) is 15.3. The highest BCUT2D eigenvalue weighted by Crippen LogP contribution is 2.20. The highest BCUT2D eigenvalue weighted by atomic mass is 16.1. The Labute approximate surface area is 178 Å². The fraction of sp³-hybridized carbons (Fsp3) is 0.545. The molecule has 0 aromatic carbocycles. The number of aliphatic imine (C=N–C) groups is 1. The molecule has 2 N–H and O–H groups in total. The molecule has 3 heterocycles. The summed E-state index contributed by atoms with van der Waals surface area (Å²) in [6.07, 6.45) is 4.51. The molecule has 1 amide bonds. The molecule has 2 aromatic rings. The van der Waals surface area contributed by atoms with Crippen LogP contribution in [0.2, 0.25) is 0 Å². The molecular formula is C22H33N7O. The zero-order valence-electron chi connectivity index (χ0n) is 18.5. The number of guanidine groups is 1. The van der Waals surface area contributed by atoms with Crippen LogP contribution in [0.5, 0.6) is 0 Å². The second-order valence-corrected chi connectivity index (χ2v) is 7.84. The van der Waals surface area contributed by atoms with Gasteiger partial charge in [0.2, 0.25) is 5.91 Å². The van der Waals surface area contributed by atoms with Gasteiger partial charge in [0.1, 0.15) is 0 Å². The van der Waals surface area contributed by atoms with E-state index in [4.69, 9.17) is 4.99 Å². The van der Waals surface area contributed by atoms with E-state index in [1.165, 1.54) is 0 Å². The molecule has 0 aliphatic carbocycles. The minimum atomic E-state index is 0.130. The summed E-state index contributed by atoms with van der Waals surface area (Å²) < 4.78 is 1.86. The first-order valence-electron chi connectivity index (χ1n) is 10.7. The molecule has 30 heavy (non-hydrogen) atoms. The molecule has 0 unspecified atom stereocenters. The third kappa shape index (κ3) is 5.58. The van der Waals surface area contributed by atoms with Crippen LogP contribution in [0.25, 0.3) is 5.82 Å². The first kappa shape index (κ1) is 21.8. The predicted molar refractivity (Wildman–Crippen MR) is 119 cm³/mol. The lowest BCUT2D eigenvalue weighted by Gasteiger charge is -2.34. The summed E-state index contributed by atoms with van der Waals surface area (Å²) in [5.41, 5.74) is 3.11. The lowest BCUT2D eigenvalue weighted by Crippen LogP contribution is -2.46. The number of rotatable bonds is 6. The van der Waals surface area contributed by atoms with Crippen LogP contribution in [0.15, 0.2) is 29.4 Å². The Morgan fingerprint density at radius 2 is 2.03 bits per heavy atom. The number of nitrogens with one attached hydrogen (secondary N) is 2. The maximum atomic E-state index is 11.6. The van der Waals surface area contributed by atoms with Crippen molar-refractivity contribution in [1.82, 2.24) is 30.3 Å². The average molecular weight is 412 g/mol. The molecule has 1 fully saturated rings. The van der Waals surface area contributed by atoms with Crippen LogP contribution in [0, 0.1) is 19.8 Å². The fourth-order valence-electron chi connectivity index (χ4n) is 3.80. The largest absolute Gasteiger partial charge is 0.359 e. The summed E-state index contributed by atoms with van der Waals surface area (Å²) in [7, 11) is 1.70. The summed E-state index contributed by atoms with van der Waals surface area (Å²) in [4.78, 5) is 23.3. The Hall–Kier alpha value is -2.90. The first-order chi connectivity index (χ1) is 14.5. The molecule has 1 aliphatic heterocycles. The smallest absolute Gasteiger partial charge is 0.220 e. The van der Waals surface area contributed by atoms with Crippen molar-refractivity contribution in [2.24, 2.45) is 10.9 Å². The molecule has 8 heteroatoms. The highest BCUT2D eigenvalue weighted by molar-refractivity contribution is 5.80. The number of carbonyl (C=O) groups is 1. The zero-order chi connectivity index (χ0) is 21.5.